The standard InChI is InChI=1S/C23H20N8O3S/c32-21-16(29-23(34)30-21)8-12-10-25-31-19(26-13-3-4-13)9-15(28-20(12)31)17-5-6-18(35-17)22(33)27-14-2-1-7-24-11-14/h1-2,6-11,13,17,32H,3-5H2,(H,27,33)(H2,29,30,34). The maximum atomic E-state index is 12.7. The molecule has 1 aliphatic heterocycles. The number of imidazole rings is 1. The van der Waals surface area contributed by atoms with Gasteiger partial charge in [0, 0.05) is 17.5 Å². The minimum Gasteiger partial charge on any atom is -0.493 e. The van der Waals surface area contributed by atoms with Crippen molar-refractivity contribution in [3.05, 3.63) is 80.3 Å². The molecule has 11 nitrogen and oxygen atoms in total. The van der Waals surface area contributed by atoms with E-state index in [1.54, 1.807) is 41.3 Å². The molecule has 1 unspecified atom stereocenters. The molecule has 1 fully saturated rings. The number of thioether (sulfide) groups is 1. The van der Waals surface area contributed by atoms with Gasteiger partial charge in [0.25, 0.3) is 5.91 Å². The number of fused-ring (bicyclic) bond motifs is 1. The van der Waals surface area contributed by atoms with Crippen LogP contribution in [-0.4, -0.2) is 46.6 Å². The third kappa shape index (κ3) is 4.35. The number of aromatic hydroxyl groups is 1. The molecule has 5 heterocycles. The number of nitrogens with one attached hydrogen (secondary N) is 3. The van der Waals surface area contributed by atoms with Gasteiger partial charge in [-0.05, 0) is 37.5 Å². The van der Waals surface area contributed by atoms with Gasteiger partial charge < -0.3 is 15.4 Å². The quantitative estimate of drug-likeness (QED) is 0.329. The van der Waals surface area contributed by atoms with E-state index in [0.29, 0.717) is 33.4 Å². The highest BCUT2D eigenvalue weighted by molar-refractivity contribution is 8.04. The number of hydrogen-bond acceptors (Lipinski definition) is 8. The van der Waals surface area contributed by atoms with Gasteiger partial charge in [0.2, 0.25) is 5.88 Å². The third-order valence-electron chi connectivity index (χ3n) is 5.66. The molecule has 1 atom stereocenters. The van der Waals surface area contributed by atoms with Crippen LogP contribution in [0.4, 0.5) is 5.69 Å². The zero-order valence-corrected chi connectivity index (χ0v) is 19.1. The van der Waals surface area contributed by atoms with Crippen LogP contribution in [0.25, 0.3) is 11.7 Å². The number of anilines is 1. The van der Waals surface area contributed by atoms with E-state index in [9.17, 15) is 14.7 Å². The topological polar surface area (TPSA) is 153 Å². The van der Waals surface area contributed by atoms with Crippen molar-refractivity contribution in [2.45, 2.75) is 30.6 Å². The van der Waals surface area contributed by atoms with Crippen molar-refractivity contribution in [2.24, 2.45) is 4.99 Å². The Bertz CT molecular complexity index is 1650. The van der Waals surface area contributed by atoms with E-state index in [1.807, 2.05) is 12.1 Å². The number of carbonyl (C=O) groups is 1. The van der Waals surface area contributed by atoms with E-state index >= 15 is 0 Å². The normalized spacial score (nSPS) is 18.9. The number of aromatic nitrogens is 6. The number of allylic oxidation sites excluding steroid dienone is 1. The second kappa shape index (κ2) is 8.55. The Morgan fingerprint density at radius 3 is 2.94 bits per heavy atom. The zero-order valence-electron chi connectivity index (χ0n) is 18.3. The van der Waals surface area contributed by atoms with E-state index in [0.717, 1.165) is 18.5 Å². The minimum absolute atomic E-state index is 0.0639. The Kier molecular flexibility index (Phi) is 5.21. The molecular weight excluding hydrogens is 468 g/mol. The van der Waals surface area contributed by atoms with Crippen LogP contribution in [0.3, 0.4) is 0 Å². The van der Waals surface area contributed by atoms with Crippen LogP contribution in [-0.2, 0) is 4.79 Å². The van der Waals surface area contributed by atoms with Crippen LogP contribution in [0.15, 0.2) is 57.6 Å². The molecule has 176 valence electrons. The number of amides is 1. The Morgan fingerprint density at radius 1 is 1.31 bits per heavy atom. The molecule has 4 aromatic rings. The molecule has 0 spiro atoms. The first-order chi connectivity index (χ1) is 17.0. The summed E-state index contributed by atoms with van der Waals surface area (Å²) in [5.41, 5.74) is 2.39. The van der Waals surface area contributed by atoms with Gasteiger partial charge in [0.15, 0.2) is 11.1 Å². The summed E-state index contributed by atoms with van der Waals surface area (Å²) in [5.74, 6) is -0.437. The average molecular weight is 489 g/mol. The van der Waals surface area contributed by atoms with Crippen LogP contribution in [0.5, 0.6) is 5.88 Å². The molecule has 4 N–H and O–H groups in total. The van der Waals surface area contributed by atoms with Crippen molar-refractivity contribution in [2.75, 3.05) is 5.32 Å². The molecule has 1 aliphatic carbocycles. The van der Waals surface area contributed by atoms with E-state index in [2.05, 4.69) is 25.4 Å². The number of H-pyrrole nitrogens is 2. The molecule has 1 amide bonds. The summed E-state index contributed by atoms with van der Waals surface area (Å²) in [6, 6.07) is 5.74. The first-order valence-electron chi connectivity index (χ1n) is 11.1. The lowest BCUT2D eigenvalue weighted by Crippen LogP contribution is -2.21. The lowest BCUT2D eigenvalue weighted by atomic mass is 10.2. The Balaban J connectivity index is 1.35. The lowest BCUT2D eigenvalue weighted by Gasteiger charge is -2.10. The van der Waals surface area contributed by atoms with Gasteiger partial charge in [0.05, 0.1) is 40.0 Å². The second-order valence-electron chi connectivity index (χ2n) is 8.33. The summed E-state index contributed by atoms with van der Waals surface area (Å²) < 4.78 is 1.67. The van der Waals surface area contributed by atoms with E-state index in [-0.39, 0.29) is 28.8 Å². The predicted molar refractivity (Wildman–Crippen MR) is 129 cm³/mol. The van der Waals surface area contributed by atoms with Crippen LogP contribution in [0.2, 0.25) is 0 Å². The van der Waals surface area contributed by atoms with Crippen molar-refractivity contribution < 1.29 is 9.90 Å². The molecule has 4 aromatic heterocycles. The molecule has 2 aliphatic rings. The smallest absolute Gasteiger partial charge is 0.326 e. The molecule has 12 heteroatoms. The minimum atomic E-state index is -0.506. The van der Waals surface area contributed by atoms with Crippen molar-refractivity contribution in [1.29, 1.82) is 0 Å². The van der Waals surface area contributed by atoms with Crippen LogP contribution in [0.1, 0.15) is 35.9 Å². The van der Waals surface area contributed by atoms with E-state index in [4.69, 9.17) is 9.98 Å². The molecule has 6 rings (SSSR count). The molecule has 0 radical (unpaired) electrons. The summed E-state index contributed by atoms with van der Waals surface area (Å²) in [7, 11) is 0. The summed E-state index contributed by atoms with van der Waals surface area (Å²) in [6.45, 7) is 0. The number of aromatic amines is 2. The van der Waals surface area contributed by atoms with Gasteiger partial charge >= 0.3 is 5.69 Å². The maximum absolute atomic E-state index is 12.7. The fourth-order valence-corrected chi connectivity index (χ4v) is 4.89. The van der Waals surface area contributed by atoms with E-state index in [1.165, 1.54) is 11.8 Å². The molecule has 0 saturated heterocycles. The highest BCUT2D eigenvalue weighted by Gasteiger charge is 2.27. The molecule has 35 heavy (non-hydrogen) atoms. The summed E-state index contributed by atoms with van der Waals surface area (Å²) in [5, 5.41) is 17.8. The summed E-state index contributed by atoms with van der Waals surface area (Å²) in [4.78, 5) is 43.4. The van der Waals surface area contributed by atoms with Crippen molar-refractivity contribution in [3.8, 4) is 5.88 Å². The molecular formula is C23H20N8O3S. The summed E-state index contributed by atoms with van der Waals surface area (Å²) >= 11 is 1.45. The van der Waals surface area contributed by atoms with Crippen molar-refractivity contribution in [3.63, 3.8) is 0 Å². The molecule has 1 saturated carbocycles. The average Bonchev–Trinajstić information content (AvgIpc) is 3.23. The Hall–Kier alpha value is -4.19. The first-order valence-corrected chi connectivity index (χ1v) is 11.9. The van der Waals surface area contributed by atoms with Gasteiger partial charge in [-0.15, -0.1) is 11.8 Å². The third-order valence-corrected chi connectivity index (χ3v) is 6.98. The van der Waals surface area contributed by atoms with Crippen LogP contribution in [0, 0.1) is 0 Å². The fourth-order valence-electron chi connectivity index (χ4n) is 3.80. The Morgan fingerprint density at radius 2 is 2.20 bits per heavy atom. The molecule has 0 aromatic carbocycles. The van der Waals surface area contributed by atoms with Crippen LogP contribution < -0.4 is 21.7 Å². The van der Waals surface area contributed by atoms with Gasteiger partial charge in [-0.2, -0.15) is 9.61 Å². The number of carbonyl (C=O) groups excluding carboxylic acids is 1. The highest BCUT2D eigenvalue weighted by atomic mass is 32.2. The SMILES string of the molecule is O=C(Nc1cccnc1)C1=CCC(c2cc(=NC3CC3)n3ncc(=Cc4[nH]c(=O)[nH]c4O)c3n2)S1. The van der Waals surface area contributed by atoms with Crippen molar-refractivity contribution in [1.82, 2.24) is 29.5 Å². The monoisotopic (exact) mass is 488 g/mol. The first kappa shape index (κ1) is 21.4. The van der Waals surface area contributed by atoms with Gasteiger partial charge in [-0.25, -0.2) is 9.78 Å². The van der Waals surface area contributed by atoms with Crippen molar-refractivity contribution >= 4 is 35.1 Å². The Labute approximate surface area is 201 Å². The van der Waals surface area contributed by atoms with Crippen LogP contribution >= 0.6 is 11.8 Å². The second-order valence-corrected chi connectivity index (χ2v) is 9.57. The number of rotatable bonds is 5. The fraction of sp³-hybridized carbons (Fsp3) is 0.217. The zero-order chi connectivity index (χ0) is 23.9. The number of pyridine rings is 1. The van der Waals surface area contributed by atoms with Gasteiger partial charge in [-0.1, -0.05) is 6.08 Å². The summed E-state index contributed by atoms with van der Waals surface area (Å²) in [6.07, 6.45) is 11.1. The maximum Gasteiger partial charge on any atom is 0.326 e. The number of nitrogens with zero attached hydrogens (tertiary/aromatic N) is 5. The highest BCUT2D eigenvalue weighted by Crippen LogP contribution is 2.43. The molecule has 0 bridgehead atoms. The predicted octanol–water partition coefficient (Wildman–Crippen LogP) is 1.16. The lowest BCUT2D eigenvalue weighted by molar-refractivity contribution is -0.112. The number of hydrogen-bond donors (Lipinski definition) is 4. The van der Waals surface area contributed by atoms with E-state index < -0.39 is 5.69 Å². The largest absolute Gasteiger partial charge is 0.493 e. The van der Waals surface area contributed by atoms with Gasteiger partial charge in [-0.3, -0.25) is 19.8 Å². The van der Waals surface area contributed by atoms with Gasteiger partial charge in [0.1, 0.15) is 5.69 Å².